The third-order valence-corrected chi connectivity index (χ3v) is 4.88. The molecule has 0 aliphatic carbocycles. The molecule has 1 aromatic rings. The van der Waals surface area contributed by atoms with Crippen LogP contribution in [0, 0.1) is 11.8 Å². The molecular formula is C13H20N2O2S2. The van der Waals surface area contributed by atoms with Gasteiger partial charge in [0.25, 0.3) is 0 Å². The Morgan fingerprint density at radius 3 is 2.42 bits per heavy atom. The van der Waals surface area contributed by atoms with Crippen LogP contribution in [-0.4, -0.2) is 20.0 Å². The van der Waals surface area contributed by atoms with E-state index < -0.39 is 10.0 Å². The van der Waals surface area contributed by atoms with Crippen LogP contribution < -0.4 is 10.5 Å². The van der Waals surface area contributed by atoms with Gasteiger partial charge < -0.3 is 5.73 Å². The first-order valence-electron chi connectivity index (χ1n) is 6.14. The minimum Gasteiger partial charge on any atom is -0.389 e. The van der Waals surface area contributed by atoms with Crippen molar-refractivity contribution in [3.8, 4) is 0 Å². The van der Waals surface area contributed by atoms with Gasteiger partial charge in [-0.1, -0.05) is 51.2 Å². The zero-order chi connectivity index (χ0) is 14.6. The van der Waals surface area contributed by atoms with Crippen molar-refractivity contribution in [3.63, 3.8) is 0 Å². The highest BCUT2D eigenvalue weighted by atomic mass is 32.2. The normalized spacial score (nSPS) is 13.5. The molecule has 0 fully saturated rings. The van der Waals surface area contributed by atoms with Crippen LogP contribution >= 0.6 is 12.2 Å². The van der Waals surface area contributed by atoms with Gasteiger partial charge in [-0.3, -0.25) is 0 Å². The van der Waals surface area contributed by atoms with E-state index in [1.54, 1.807) is 18.2 Å². The summed E-state index contributed by atoms with van der Waals surface area (Å²) in [5.74, 6) is 0.667. The van der Waals surface area contributed by atoms with E-state index in [4.69, 9.17) is 18.0 Å². The number of benzene rings is 1. The molecule has 0 aromatic heterocycles. The summed E-state index contributed by atoms with van der Waals surface area (Å²) in [5.41, 5.74) is 5.93. The van der Waals surface area contributed by atoms with Crippen molar-refractivity contribution in [2.45, 2.75) is 25.7 Å². The zero-order valence-electron chi connectivity index (χ0n) is 11.4. The number of sulfonamides is 1. The molecule has 19 heavy (non-hydrogen) atoms. The largest absolute Gasteiger partial charge is 0.389 e. The van der Waals surface area contributed by atoms with Gasteiger partial charge in [-0.05, 0) is 17.9 Å². The summed E-state index contributed by atoms with van der Waals surface area (Å²) in [5, 5.41) is 0. The van der Waals surface area contributed by atoms with Crippen LogP contribution in [0.1, 0.15) is 26.3 Å². The number of thiocarbonyl (C=S) groups is 1. The summed E-state index contributed by atoms with van der Waals surface area (Å²) < 4.78 is 27.1. The number of hydrogen-bond acceptors (Lipinski definition) is 3. The molecule has 1 rings (SSSR count). The van der Waals surface area contributed by atoms with Gasteiger partial charge in [0.1, 0.15) is 4.99 Å². The number of hydrogen-bond donors (Lipinski definition) is 2. The Kier molecular flexibility index (Phi) is 5.46. The zero-order valence-corrected chi connectivity index (χ0v) is 13.0. The minimum absolute atomic E-state index is 0.0814. The molecule has 0 aliphatic heterocycles. The van der Waals surface area contributed by atoms with Crippen molar-refractivity contribution in [3.05, 3.63) is 29.8 Å². The van der Waals surface area contributed by atoms with E-state index in [0.29, 0.717) is 18.0 Å². The molecule has 3 N–H and O–H groups in total. The average Bonchev–Trinajstić information content (AvgIpc) is 2.35. The van der Waals surface area contributed by atoms with Crippen LogP contribution in [0.15, 0.2) is 29.2 Å². The van der Waals surface area contributed by atoms with E-state index in [0.717, 1.165) is 0 Å². The van der Waals surface area contributed by atoms with Gasteiger partial charge in [-0.25, -0.2) is 13.1 Å². The number of nitrogens with one attached hydrogen (secondary N) is 1. The Bertz CT molecular complexity index is 554. The average molecular weight is 300 g/mol. The maximum Gasteiger partial charge on any atom is 0.241 e. The molecule has 106 valence electrons. The quantitative estimate of drug-likeness (QED) is 0.787. The molecule has 0 saturated heterocycles. The molecule has 0 radical (unpaired) electrons. The van der Waals surface area contributed by atoms with Crippen molar-refractivity contribution in [2.75, 3.05) is 6.54 Å². The van der Waals surface area contributed by atoms with Gasteiger partial charge in [-0.15, -0.1) is 0 Å². The molecule has 1 unspecified atom stereocenters. The van der Waals surface area contributed by atoms with Crippen LogP contribution in [0.3, 0.4) is 0 Å². The predicted octanol–water partition coefficient (Wildman–Crippen LogP) is 1.89. The first kappa shape index (κ1) is 16.1. The molecule has 0 spiro atoms. The van der Waals surface area contributed by atoms with Crippen LogP contribution in [0.25, 0.3) is 0 Å². The number of nitrogens with two attached hydrogens (primary N) is 1. The van der Waals surface area contributed by atoms with Gasteiger partial charge >= 0.3 is 0 Å². The van der Waals surface area contributed by atoms with Crippen molar-refractivity contribution < 1.29 is 8.42 Å². The Balaban J connectivity index is 2.98. The highest BCUT2D eigenvalue weighted by Crippen LogP contribution is 2.16. The van der Waals surface area contributed by atoms with Gasteiger partial charge in [0.05, 0.1) is 4.90 Å². The summed E-state index contributed by atoms with van der Waals surface area (Å²) in [6.07, 6.45) is 0. The van der Waals surface area contributed by atoms with E-state index >= 15 is 0 Å². The van der Waals surface area contributed by atoms with Gasteiger partial charge in [0, 0.05) is 12.1 Å². The Morgan fingerprint density at radius 2 is 1.89 bits per heavy atom. The van der Waals surface area contributed by atoms with Gasteiger partial charge in [0.2, 0.25) is 10.0 Å². The fourth-order valence-electron chi connectivity index (χ4n) is 1.46. The molecule has 6 heteroatoms. The standard InChI is InChI=1S/C13H20N2O2S2/c1-9(2)10(3)8-15-19(16,17)12-7-5-4-6-11(12)13(14)18/h4-7,9-10,15H,8H2,1-3H3,(H2,14,18). The lowest BCUT2D eigenvalue weighted by Crippen LogP contribution is -2.31. The summed E-state index contributed by atoms with van der Waals surface area (Å²) in [6.45, 7) is 6.52. The lowest BCUT2D eigenvalue weighted by molar-refractivity contribution is 0.414. The Morgan fingerprint density at radius 1 is 1.32 bits per heavy atom. The molecule has 1 aromatic carbocycles. The van der Waals surface area contributed by atoms with Crippen LogP contribution in [-0.2, 0) is 10.0 Å². The first-order chi connectivity index (χ1) is 8.75. The second-order valence-corrected chi connectivity index (χ2v) is 7.11. The molecule has 0 amide bonds. The van der Waals surface area contributed by atoms with Crippen molar-refractivity contribution in [2.24, 2.45) is 17.6 Å². The summed E-state index contributed by atoms with van der Waals surface area (Å²) in [6, 6.07) is 6.49. The summed E-state index contributed by atoms with van der Waals surface area (Å²) in [7, 11) is -3.58. The van der Waals surface area contributed by atoms with E-state index in [9.17, 15) is 8.42 Å². The maximum atomic E-state index is 12.3. The smallest absolute Gasteiger partial charge is 0.241 e. The third-order valence-electron chi connectivity index (χ3n) is 3.18. The van der Waals surface area contributed by atoms with Crippen LogP contribution in [0.4, 0.5) is 0 Å². The van der Waals surface area contributed by atoms with E-state index in [1.165, 1.54) is 6.07 Å². The first-order valence-corrected chi connectivity index (χ1v) is 8.03. The molecule has 0 bridgehead atoms. The monoisotopic (exact) mass is 300 g/mol. The van der Waals surface area contributed by atoms with E-state index in [1.807, 2.05) is 6.92 Å². The van der Waals surface area contributed by atoms with Crippen molar-refractivity contribution in [1.29, 1.82) is 0 Å². The van der Waals surface area contributed by atoms with Crippen molar-refractivity contribution in [1.82, 2.24) is 4.72 Å². The maximum absolute atomic E-state index is 12.3. The second kappa shape index (κ2) is 6.45. The fourth-order valence-corrected chi connectivity index (χ4v) is 3.06. The van der Waals surface area contributed by atoms with Gasteiger partial charge in [-0.2, -0.15) is 0 Å². The van der Waals surface area contributed by atoms with E-state index in [2.05, 4.69) is 18.6 Å². The predicted molar refractivity (Wildman–Crippen MR) is 81.5 cm³/mol. The molecule has 0 aliphatic rings. The van der Waals surface area contributed by atoms with E-state index in [-0.39, 0.29) is 15.8 Å². The summed E-state index contributed by atoms with van der Waals surface area (Å²) in [4.78, 5) is 0.219. The number of rotatable bonds is 6. The topological polar surface area (TPSA) is 72.2 Å². The molecule has 4 nitrogen and oxygen atoms in total. The molecule has 0 saturated carbocycles. The molecular weight excluding hydrogens is 280 g/mol. The van der Waals surface area contributed by atoms with Crippen molar-refractivity contribution >= 4 is 27.2 Å². The SMILES string of the molecule is CC(C)C(C)CNS(=O)(=O)c1ccccc1C(N)=S. The lowest BCUT2D eigenvalue weighted by atomic mass is 9.99. The third kappa shape index (κ3) is 4.26. The second-order valence-electron chi connectivity index (χ2n) is 4.93. The molecule has 0 heterocycles. The lowest BCUT2D eigenvalue weighted by Gasteiger charge is -2.17. The molecule has 1 atom stereocenters. The Hall–Kier alpha value is -0.980. The fraction of sp³-hybridized carbons (Fsp3) is 0.462. The van der Waals surface area contributed by atoms with Crippen LogP contribution in [0.5, 0.6) is 0 Å². The summed E-state index contributed by atoms with van der Waals surface area (Å²) >= 11 is 4.88. The van der Waals surface area contributed by atoms with Gasteiger partial charge in [0.15, 0.2) is 0 Å². The Labute approximate surface area is 120 Å². The van der Waals surface area contributed by atoms with Crippen LogP contribution in [0.2, 0.25) is 0 Å². The minimum atomic E-state index is -3.58. The highest BCUT2D eigenvalue weighted by molar-refractivity contribution is 7.89. The highest BCUT2D eigenvalue weighted by Gasteiger charge is 2.20.